The Morgan fingerprint density at radius 2 is 2.45 bits per heavy atom. The second-order valence-corrected chi connectivity index (χ2v) is 2.55. The van der Waals surface area contributed by atoms with Crippen LogP contribution in [0.25, 0.3) is 0 Å². The van der Waals surface area contributed by atoms with Crippen LogP contribution >= 0.6 is 0 Å². The second kappa shape index (κ2) is 2.38. The molecule has 0 aromatic heterocycles. The van der Waals surface area contributed by atoms with Crippen molar-refractivity contribution < 1.29 is 9.53 Å². The number of allylic oxidation sites excluding steroid dienone is 3. The maximum absolute atomic E-state index is 11.2. The van der Waals surface area contributed by atoms with Crippen LogP contribution < -0.4 is 0 Å². The Balaban J connectivity index is 2.35. The lowest BCUT2D eigenvalue weighted by molar-refractivity contribution is -0.113. The summed E-state index contributed by atoms with van der Waals surface area (Å²) < 4.78 is 5.20. The van der Waals surface area contributed by atoms with Crippen molar-refractivity contribution in [2.75, 3.05) is 0 Å². The summed E-state index contributed by atoms with van der Waals surface area (Å²) in [5.41, 5.74) is 0.773. The van der Waals surface area contributed by atoms with E-state index in [4.69, 9.17) is 4.74 Å². The molecule has 0 saturated carbocycles. The van der Waals surface area contributed by atoms with Crippen LogP contribution in [0.3, 0.4) is 0 Å². The highest BCUT2D eigenvalue weighted by Gasteiger charge is 2.22. The molecular formula is C9H8O2. The third kappa shape index (κ3) is 1.00. The Hall–Kier alpha value is -1.31. The minimum atomic E-state index is -0.124. The van der Waals surface area contributed by atoms with Crippen molar-refractivity contribution in [2.24, 2.45) is 0 Å². The molecule has 1 atom stereocenters. The zero-order chi connectivity index (χ0) is 7.68. The van der Waals surface area contributed by atoms with Crippen LogP contribution in [-0.4, -0.2) is 11.9 Å². The molecule has 0 saturated heterocycles. The zero-order valence-corrected chi connectivity index (χ0v) is 5.99. The quantitative estimate of drug-likeness (QED) is 0.485. The van der Waals surface area contributed by atoms with Gasteiger partial charge in [-0.1, -0.05) is 12.2 Å². The standard InChI is InChI=1S/C9H8O2/c10-8-5-6-11-9-4-2-1-3-7(8)9/h2-6,9H,1H2. The summed E-state index contributed by atoms with van der Waals surface area (Å²) in [5.74, 6) is 0.0746. The van der Waals surface area contributed by atoms with Crippen molar-refractivity contribution in [3.63, 3.8) is 0 Å². The number of hydrogen-bond donors (Lipinski definition) is 0. The van der Waals surface area contributed by atoms with Gasteiger partial charge in [0.1, 0.15) is 6.10 Å². The van der Waals surface area contributed by atoms with Crippen LogP contribution in [0.2, 0.25) is 0 Å². The van der Waals surface area contributed by atoms with Gasteiger partial charge in [-0.2, -0.15) is 0 Å². The zero-order valence-electron chi connectivity index (χ0n) is 5.99. The first-order valence-electron chi connectivity index (χ1n) is 3.61. The monoisotopic (exact) mass is 148 g/mol. The van der Waals surface area contributed by atoms with Crippen molar-refractivity contribution in [3.05, 3.63) is 36.1 Å². The largest absolute Gasteiger partial charge is 0.489 e. The summed E-state index contributed by atoms with van der Waals surface area (Å²) in [5, 5.41) is 0. The Labute approximate surface area is 64.9 Å². The molecule has 56 valence electrons. The minimum absolute atomic E-state index is 0.0746. The SMILES string of the molecule is O=C1C=COC2C=CCC=C12. The van der Waals surface area contributed by atoms with Gasteiger partial charge in [0.2, 0.25) is 0 Å². The molecule has 0 amide bonds. The van der Waals surface area contributed by atoms with Crippen LogP contribution in [0.5, 0.6) is 0 Å². The molecule has 1 heterocycles. The molecule has 0 fully saturated rings. The van der Waals surface area contributed by atoms with E-state index in [0.717, 1.165) is 12.0 Å². The Morgan fingerprint density at radius 1 is 1.55 bits per heavy atom. The van der Waals surface area contributed by atoms with E-state index in [1.54, 1.807) is 0 Å². The third-order valence-corrected chi connectivity index (χ3v) is 1.82. The summed E-state index contributed by atoms with van der Waals surface area (Å²) in [6.45, 7) is 0. The maximum atomic E-state index is 11.2. The van der Waals surface area contributed by atoms with Gasteiger partial charge in [-0.05, 0) is 12.5 Å². The van der Waals surface area contributed by atoms with E-state index in [0.29, 0.717) is 0 Å². The van der Waals surface area contributed by atoms with E-state index in [2.05, 4.69) is 0 Å². The first kappa shape index (κ1) is 6.40. The molecule has 2 nitrogen and oxygen atoms in total. The first-order chi connectivity index (χ1) is 5.38. The summed E-state index contributed by atoms with van der Waals surface area (Å²) in [7, 11) is 0. The topological polar surface area (TPSA) is 26.3 Å². The predicted molar refractivity (Wildman–Crippen MR) is 40.9 cm³/mol. The number of ketones is 1. The molecule has 1 unspecified atom stereocenters. The Bertz CT molecular complexity index is 271. The van der Waals surface area contributed by atoms with E-state index < -0.39 is 0 Å². The van der Waals surface area contributed by atoms with Gasteiger partial charge >= 0.3 is 0 Å². The molecule has 2 rings (SSSR count). The van der Waals surface area contributed by atoms with E-state index in [-0.39, 0.29) is 11.9 Å². The summed E-state index contributed by atoms with van der Waals surface area (Å²) in [4.78, 5) is 11.2. The van der Waals surface area contributed by atoms with E-state index >= 15 is 0 Å². The fourth-order valence-electron chi connectivity index (χ4n) is 1.26. The third-order valence-electron chi connectivity index (χ3n) is 1.82. The summed E-state index contributed by atoms with van der Waals surface area (Å²) >= 11 is 0. The molecule has 2 aliphatic rings. The van der Waals surface area contributed by atoms with Crippen molar-refractivity contribution in [2.45, 2.75) is 12.5 Å². The molecule has 0 N–H and O–H groups in total. The number of ether oxygens (including phenoxy) is 1. The fourth-order valence-corrected chi connectivity index (χ4v) is 1.26. The molecule has 1 aliphatic heterocycles. The van der Waals surface area contributed by atoms with Gasteiger partial charge < -0.3 is 4.74 Å². The average molecular weight is 148 g/mol. The highest BCUT2D eigenvalue weighted by molar-refractivity contribution is 6.05. The van der Waals surface area contributed by atoms with Gasteiger partial charge in [-0.15, -0.1) is 0 Å². The van der Waals surface area contributed by atoms with E-state index in [1.165, 1.54) is 12.3 Å². The smallest absolute Gasteiger partial charge is 0.188 e. The number of carbonyl (C=O) groups excluding carboxylic acids is 1. The van der Waals surface area contributed by atoms with Crippen LogP contribution in [0.15, 0.2) is 36.1 Å². The van der Waals surface area contributed by atoms with Gasteiger partial charge in [0.05, 0.1) is 6.26 Å². The molecule has 0 spiro atoms. The molecule has 2 heteroatoms. The van der Waals surface area contributed by atoms with Gasteiger partial charge in [0.15, 0.2) is 5.78 Å². The van der Waals surface area contributed by atoms with E-state index in [9.17, 15) is 4.79 Å². The molecule has 11 heavy (non-hydrogen) atoms. The van der Waals surface area contributed by atoms with Gasteiger partial charge in [0.25, 0.3) is 0 Å². The number of rotatable bonds is 0. The van der Waals surface area contributed by atoms with Gasteiger partial charge in [-0.25, -0.2) is 0 Å². The molecule has 0 aromatic rings. The number of hydrogen-bond acceptors (Lipinski definition) is 2. The lowest BCUT2D eigenvalue weighted by Gasteiger charge is -2.20. The van der Waals surface area contributed by atoms with Gasteiger partial charge in [0, 0.05) is 11.6 Å². The molecular weight excluding hydrogens is 140 g/mol. The van der Waals surface area contributed by atoms with Crippen LogP contribution in [0, 0.1) is 0 Å². The van der Waals surface area contributed by atoms with E-state index in [1.807, 2.05) is 18.2 Å². The molecule has 0 aromatic carbocycles. The maximum Gasteiger partial charge on any atom is 0.188 e. The fraction of sp³-hybridized carbons (Fsp3) is 0.222. The molecule has 0 radical (unpaired) electrons. The van der Waals surface area contributed by atoms with Crippen LogP contribution in [0.1, 0.15) is 6.42 Å². The first-order valence-corrected chi connectivity index (χ1v) is 3.61. The number of carbonyl (C=O) groups is 1. The highest BCUT2D eigenvalue weighted by Crippen LogP contribution is 2.20. The minimum Gasteiger partial charge on any atom is -0.489 e. The molecule has 0 bridgehead atoms. The van der Waals surface area contributed by atoms with Crippen molar-refractivity contribution in [1.29, 1.82) is 0 Å². The predicted octanol–water partition coefficient (Wildman–Crippen LogP) is 1.35. The summed E-state index contributed by atoms with van der Waals surface area (Å²) in [6.07, 6.45) is 9.46. The lowest BCUT2D eigenvalue weighted by Crippen LogP contribution is -2.21. The summed E-state index contributed by atoms with van der Waals surface area (Å²) in [6, 6.07) is 0. The lowest BCUT2D eigenvalue weighted by atomic mass is 9.97. The Morgan fingerprint density at radius 3 is 3.27 bits per heavy atom. The average Bonchev–Trinajstić information content (AvgIpc) is 2.06. The normalized spacial score (nSPS) is 27.5. The van der Waals surface area contributed by atoms with Gasteiger partial charge in [-0.3, -0.25) is 4.79 Å². The second-order valence-electron chi connectivity index (χ2n) is 2.55. The Kier molecular flexibility index (Phi) is 1.39. The van der Waals surface area contributed by atoms with Crippen molar-refractivity contribution in [1.82, 2.24) is 0 Å². The van der Waals surface area contributed by atoms with Crippen molar-refractivity contribution >= 4 is 5.78 Å². The number of fused-ring (bicyclic) bond motifs is 1. The molecule has 1 aliphatic carbocycles. The van der Waals surface area contributed by atoms with Crippen LogP contribution in [-0.2, 0) is 9.53 Å². The van der Waals surface area contributed by atoms with Crippen LogP contribution in [0.4, 0.5) is 0 Å². The highest BCUT2D eigenvalue weighted by atomic mass is 16.5. The van der Waals surface area contributed by atoms with Crippen molar-refractivity contribution in [3.8, 4) is 0 Å².